The first-order valence-corrected chi connectivity index (χ1v) is 8.39. The lowest BCUT2D eigenvalue weighted by atomic mass is 9.83. The second-order valence-corrected chi connectivity index (χ2v) is 7.10. The molecule has 1 amide bonds. The fraction of sp³-hybridized carbons (Fsp3) is 0.938. The zero-order valence-corrected chi connectivity index (χ0v) is 12.7. The number of carbonyl (C=O) groups excluding carboxylic acids is 1. The monoisotopic (exact) mass is 279 g/mol. The standard InChI is InChI=1S/C16H29N3O/c1-18-7-4-11-5-8-19(9-6-11)16(20)14-12-2-3-13(10-12)15(14)17/h11-15,18H,2-10,17H2,1H3. The lowest BCUT2D eigenvalue weighted by Gasteiger charge is -2.37. The molecule has 2 saturated carbocycles. The van der Waals surface area contributed by atoms with Crippen LogP contribution in [0.2, 0.25) is 0 Å². The van der Waals surface area contributed by atoms with Crippen LogP contribution in [-0.4, -0.2) is 43.5 Å². The van der Waals surface area contributed by atoms with Gasteiger partial charge >= 0.3 is 0 Å². The lowest BCUT2D eigenvalue weighted by Crippen LogP contribution is -2.49. The number of nitrogens with zero attached hydrogens (tertiary/aromatic N) is 1. The topological polar surface area (TPSA) is 58.4 Å². The molecule has 3 fully saturated rings. The summed E-state index contributed by atoms with van der Waals surface area (Å²) in [6, 6.07) is 0.142. The lowest BCUT2D eigenvalue weighted by molar-refractivity contribution is -0.139. The van der Waals surface area contributed by atoms with E-state index in [1.807, 2.05) is 7.05 Å². The molecule has 1 heterocycles. The van der Waals surface area contributed by atoms with Crippen LogP contribution in [0.15, 0.2) is 0 Å². The summed E-state index contributed by atoms with van der Waals surface area (Å²) in [6.07, 6.45) is 7.27. The Hall–Kier alpha value is -0.610. The molecule has 3 aliphatic rings. The highest BCUT2D eigenvalue weighted by Crippen LogP contribution is 2.48. The van der Waals surface area contributed by atoms with Crippen molar-refractivity contribution in [3.8, 4) is 0 Å². The SMILES string of the molecule is CNCCC1CCN(C(=O)C2C3CCC(C3)C2N)CC1. The van der Waals surface area contributed by atoms with Crippen LogP contribution in [0.25, 0.3) is 0 Å². The van der Waals surface area contributed by atoms with Gasteiger partial charge in [-0.3, -0.25) is 4.79 Å². The van der Waals surface area contributed by atoms with Crippen molar-refractivity contribution < 1.29 is 4.79 Å². The minimum atomic E-state index is 0.141. The van der Waals surface area contributed by atoms with Crippen LogP contribution < -0.4 is 11.1 Å². The maximum absolute atomic E-state index is 12.8. The number of piperidine rings is 1. The second kappa shape index (κ2) is 6.02. The fourth-order valence-electron chi connectivity index (χ4n) is 4.70. The highest BCUT2D eigenvalue weighted by atomic mass is 16.2. The molecule has 2 bridgehead atoms. The van der Waals surface area contributed by atoms with Crippen molar-refractivity contribution in [2.45, 2.75) is 44.6 Å². The van der Waals surface area contributed by atoms with Crippen molar-refractivity contribution in [3.05, 3.63) is 0 Å². The highest BCUT2D eigenvalue weighted by molar-refractivity contribution is 5.80. The van der Waals surface area contributed by atoms with Gasteiger partial charge in [-0.05, 0) is 69.9 Å². The number of nitrogens with two attached hydrogens (primary N) is 1. The molecule has 4 unspecified atom stereocenters. The number of hydrogen-bond donors (Lipinski definition) is 2. The van der Waals surface area contributed by atoms with E-state index >= 15 is 0 Å². The fourth-order valence-corrected chi connectivity index (χ4v) is 4.70. The average molecular weight is 279 g/mol. The second-order valence-electron chi connectivity index (χ2n) is 7.10. The Morgan fingerprint density at radius 1 is 1.20 bits per heavy atom. The first-order valence-electron chi connectivity index (χ1n) is 8.39. The van der Waals surface area contributed by atoms with Gasteiger partial charge in [-0.2, -0.15) is 0 Å². The predicted octanol–water partition coefficient (Wildman–Crippen LogP) is 1.21. The molecule has 3 N–H and O–H groups in total. The molecular formula is C16H29N3O. The molecule has 2 aliphatic carbocycles. The summed E-state index contributed by atoms with van der Waals surface area (Å²) in [5.74, 6) is 2.52. The number of amides is 1. The van der Waals surface area contributed by atoms with Gasteiger partial charge in [0.05, 0.1) is 5.92 Å². The summed E-state index contributed by atoms with van der Waals surface area (Å²) in [7, 11) is 2.01. The molecule has 0 aromatic heterocycles. The third-order valence-electron chi connectivity index (χ3n) is 5.99. The Bertz CT molecular complexity index is 350. The first kappa shape index (κ1) is 14.3. The van der Waals surface area contributed by atoms with Crippen LogP contribution in [0, 0.1) is 23.7 Å². The minimum absolute atomic E-state index is 0.141. The largest absolute Gasteiger partial charge is 0.342 e. The quantitative estimate of drug-likeness (QED) is 0.813. The summed E-state index contributed by atoms with van der Waals surface area (Å²) in [6.45, 7) is 3.00. The van der Waals surface area contributed by atoms with Crippen LogP contribution >= 0.6 is 0 Å². The van der Waals surface area contributed by atoms with Crippen molar-refractivity contribution in [2.75, 3.05) is 26.7 Å². The maximum Gasteiger partial charge on any atom is 0.227 e. The number of nitrogens with one attached hydrogen (secondary N) is 1. The van der Waals surface area contributed by atoms with Crippen LogP contribution in [0.1, 0.15) is 38.5 Å². The zero-order valence-electron chi connectivity index (χ0n) is 12.7. The van der Waals surface area contributed by atoms with Gasteiger partial charge < -0.3 is 16.0 Å². The molecule has 3 rings (SSSR count). The minimum Gasteiger partial charge on any atom is -0.342 e. The zero-order chi connectivity index (χ0) is 14.1. The van der Waals surface area contributed by atoms with Crippen LogP contribution in [-0.2, 0) is 4.79 Å². The Kier molecular flexibility index (Phi) is 4.32. The normalized spacial score (nSPS) is 37.6. The predicted molar refractivity (Wildman–Crippen MR) is 80.1 cm³/mol. The van der Waals surface area contributed by atoms with E-state index in [1.54, 1.807) is 0 Å². The summed E-state index contributed by atoms with van der Waals surface area (Å²) >= 11 is 0. The molecule has 4 nitrogen and oxygen atoms in total. The molecular weight excluding hydrogens is 250 g/mol. The summed E-state index contributed by atoms with van der Waals surface area (Å²) in [5.41, 5.74) is 6.31. The third-order valence-corrected chi connectivity index (χ3v) is 5.99. The highest BCUT2D eigenvalue weighted by Gasteiger charge is 2.50. The van der Waals surface area contributed by atoms with Crippen LogP contribution in [0.3, 0.4) is 0 Å². The number of carbonyl (C=O) groups is 1. The Labute approximate surface area is 122 Å². The van der Waals surface area contributed by atoms with Crippen LogP contribution in [0.5, 0.6) is 0 Å². The molecule has 4 atom stereocenters. The maximum atomic E-state index is 12.8. The third kappa shape index (κ3) is 2.60. The molecule has 0 aromatic carbocycles. The molecule has 20 heavy (non-hydrogen) atoms. The van der Waals surface area contributed by atoms with Crippen molar-refractivity contribution in [3.63, 3.8) is 0 Å². The number of rotatable bonds is 4. The summed E-state index contributed by atoms with van der Waals surface area (Å²) in [4.78, 5) is 14.9. The number of hydrogen-bond acceptors (Lipinski definition) is 3. The molecule has 1 aliphatic heterocycles. The first-order chi connectivity index (χ1) is 9.70. The van der Waals surface area contributed by atoms with Gasteiger partial charge in [0.15, 0.2) is 0 Å². The van der Waals surface area contributed by atoms with Gasteiger partial charge in [-0.25, -0.2) is 0 Å². The van der Waals surface area contributed by atoms with Gasteiger partial charge in [0.2, 0.25) is 5.91 Å². The molecule has 1 saturated heterocycles. The van der Waals surface area contributed by atoms with Crippen molar-refractivity contribution >= 4 is 5.91 Å². The van der Waals surface area contributed by atoms with E-state index in [2.05, 4.69) is 10.2 Å². The van der Waals surface area contributed by atoms with E-state index in [0.29, 0.717) is 17.7 Å². The number of fused-ring (bicyclic) bond motifs is 2. The molecule has 0 radical (unpaired) electrons. The van der Waals surface area contributed by atoms with E-state index in [1.165, 1.54) is 38.5 Å². The molecule has 4 heteroatoms. The van der Waals surface area contributed by atoms with Crippen molar-refractivity contribution in [1.29, 1.82) is 0 Å². The Morgan fingerprint density at radius 2 is 1.90 bits per heavy atom. The smallest absolute Gasteiger partial charge is 0.227 e. The van der Waals surface area contributed by atoms with Gasteiger partial charge in [0, 0.05) is 19.1 Å². The molecule has 114 valence electrons. The van der Waals surface area contributed by atoms with Crippen molar-refractivity contribution in [2.24, 2.45) is 29.4 Å². The van der Waals surface area contributed by atoms with E-state index in [4.69, 9.17) is 5.73 Å². The van der Waals surface area contributed by atoms with Gasteiger partial charge in [0.1, 0.15) is 0 Å². The summed E-state index contributed by atoms with van der Waals surface area (Å²) in [5, 5.41) is 3.22. The molecule has 0 spiro atoms. The van der Waals surface area contributed by atoms with Gasteiger partial charge in [0.25, 0.3) is 0 Å². The molecule has 0 aromatic rings. The Balaban J connectivity index is 1.52. The van der Waals surface area contributed by atoms with E-state index in [-0.39, 0.29) is 12.0 Å². The van der Waals surface area contributed by atoms with Crippen LogP contribution in [0.4, 0.5) is 0 Å². The average Bonchev–Trinajstić information content (AvgIpc) is 3.06. The summed E-state index contributed by atoms with van der Waals surface area (Å²) < 4.78 is 0. The van der Waals surface area contributed by atoms with Gasteiger partial charge in [-0.1, -0.05) is 0 Å². The van der Waals surface area contributed by atoms with Crippen molar-refractivity contribution in [1.82, 2.24) is 10.2 Å². The van der Waals surface area contributed by atoms with E-state index in [0.717, 1.165) is 25.6 Å². The van der Waals surface area contributed by atoms with E-state index < -0.39 is 0 Å². The van der Waals surface area contributed by atoms with Gasteiger partial charge in [-0.15, -0.1) is 0 Å². The number of likely N-dealkylation sites (tertiary alicyclic amines) is 1. The van der Waals surface area contributed by atoms with E-state index in [9.17, 15) is 4.79 Å². The Morgan fingerprint density at radius 3 is 2.50 bits per heavy atom.